The molecule has 1 aliphatic carbocycles. The molecule has 6 nitrogen and oxygen atoms in total. The highest BCUT2D eigenvalue weighted by Gasteiger charge is 2.47. The maximum Gasteiger partial charge on any atom is 0.251 e. The van der Waals surface area contributed by atoms with E-state index in [-0.39, 0.29) is 47.1 Å². The highest BCUT2D eigenvalue weighted by atomic mass is 32.2. The number of nitrogens with one attached hydrogen (secondary N) is 1. The summed E-state index contributed by atoms with van der Waals surface area (Å²) in [4.78, 5) is 12.5. The van der Waals surface area contributed by atoms with Crippen LogP contribution in [0, 0.1) is 6.92 Å². The Morgan fingerprint density at radius 3 is 2.13 bits per heavy atom. The van der Waals surface area contributed by atoms with E-state index in [2.05, 4.69) is 5.32 Å². The fourth-order valence-electron chi connectivity index (χ4n) is 3.58. The van der Waals surface area contributed by atoms with Crippen LogP contribution in [0.25, 0.3) is 0 Å². The third kappa shape index (κ3) is 4.57. The molecule has 2 aromatic carbocycles. The van der Waals surface area contributed by atoms with E-state index in [4.69, 9.17) is 0 Å². The number of benzene rings is 2. The summed E-state index contributed by atoms with van der Waals surface area (Å²) in [5.74, 6) is -0.409. The van der Waals surface area contributed by atoms with Crippen molar-refractivity contribution in [3.05, 3.63) is 59.7 Å². The van der Waals surface area contributed by atoms with Gasteiger partial charge in [0.25, 0.3) is 5.91 Å². The Labute approximate surface area is 176 Å². The Bertz CT molecular complexity index is 1150. The van der Waals surface area contributed by atoms with Gasteiger partial charge in [0.1, 0.15) is 0 Å². The highest BCUT2D eigenvalue weighted by molar-refractivity contribution is 7.92. The van der Waals surface area contributed by atoms with Crippen molar-refractivity contribution in [1.29, 1.82) is 0 Å². The SMILES string of the molecule is Cc1cccc(S(=O)(=O)[C@]2(F)CC[C@H](NC(=O)c3ccc(S(C)(=O)=O)cc3)CC2)c1. The van der Waals surface area contributed by atoms with E-state index >= 15 is 4.39 Å². The van der Waals surface area contributed by atoms with Crippen molar-refractivity contribution >= 4 is 25.6 Å². The molecule has 0 spiro atoms. The number of carbonyl (C=O) groups is 1. The van der Waals surface area contributed by atoms with Crippen LogP contribution in [0.15, 0.2) is 58.3 Å². The minimum atomic E-state index is -4.14. The van der Waals surface area contributed by atoms with Crippen LogP contribution in [0.1, 0.15) is 41.6 Å². The third-order valence-electron chi connectivity index (χ3n) is 5.39. The first-order valence-electron chi connectivity index (χ1n) is 9.54. The van der Waals surface area contributed by atoms with Crippen molar-refractivity contribution in [3.63, 3.8) is 0 Å². The molecule has 2 aromatic rings. The Hall–Kier alpha value is -2.26. The second-order valence-electron chi connectivity index (χ2n) is 7.75. The van der Waals surface area contributed by atoms with E-state index in [1.54, 1.807) is 19.1 Å². The molecule has 162 valence electrons. The van der Waals surface area contributed by atoms with Gasteiger partial charge in [-0.2, -0.15) is 0 Å². The number of hydrogen-bond donors (Lipinski definition) is 1. The molecule has 0 aromatic heterocycles. The van der Waals surface area contributed by atoms with Crippen LogP contribution in [0.2, 0.25) is 0 Å². The molecule has 1 aliphatic rings. The van der Waals surface area contributed by atoms with Gasteiger partial charge in [0.05, 0.1) is 9.79 Å². The summed E-state index contributed by atoms with van der Waals surface area (Å²) in [6, 6.07) is 11.4. The topological polar surface area (TPSA) is 97.4 Å². The summed E-state index contributed by atoms with van der Waals surface area (Å²) in [6.45, 7) is 1.75. The van der Waals surface area contributed by atoms with E-state index in [0.29, 0.717) is 0 Å². The molecule has 1 saturated carbocycles. The molecule has 1 amide bonds. The first kappa shape index (κ1) is 22.4. The minimum Gasteiger partial charge on any atom is -0.349 e. The van der Waals surface area contributed by atoms with Crippen molar-refractivity contribution in [1.82, 2.24) is 5.32 Å². The van der Waals surface area contributed by atoms with E-state index in [1.165, 1.54) is 36.4 Å². The molecular formula is C21H24FNO5S2. The zero-order chi connectivity index (χ0) is 22.2. The zero-order valence-electron chi connectivity index (χ0n) is 16.8. The van der Waals surface area contributed by atoms with Crippen molar-refractivity contribution in [2.24, 2.45) is 0 Å². The van der Waals surface area contributed by atoms with Crippen molar-refractivity contribution in [2.45, 2.75) is 53.4 Å². The predicted molar refractivity (Wildman–Crippen MR) is 111 cm³/mol. The summed E-state index contributed by atoms with van der Waals surface area (Å²) < 4.78 is 64.0. The van der Waals surface area contributed by atoms with Gasteiger partial charge in [0.2, 0.25) is 14.8 Å². The van der Waals surface area contributed by atoms with Crippen molar-refractivity contribution < 1.29 is 26.0 Å². The van der Waals surface area contributed by atoms with E-state index in [1.807, 2.05) is 0 Å². The van der Waals surface area contributed by atoms with Crippen LogP contribution in [0.5, 0.6) is 0 Å². The normalized spacial score (nSPS) is 22.4. The van der Waals surface area contributed by atoms with Gasteiger partial charge >= 0.3 is 0 Å². The molecule has 0 radical (unpaired) electrons. The number of hydrogen-bond acceptors (Lipinski definition) is 5. The highest BCUT2D eigenvalue weighted by Crippen LogP contribution is 2.40. The fraction of sp³-hybridized carbons (Fsp3) is 0.381. The largest absolute Gasteiger partial charge is 0.349 e. The summed E-state index contributed by atoms with van der Waals surface area (Å²) in [7, 11) is -7.50. The Balaban J connectivity index is 1.66. The molecule has 0 atom stereocenters. The molecule has 1 fully saturated rings. The van der Waals surface area contributed by atoms with E-state index in [9.17, 15) is 21.6 Å². The number of aryl methyl sites for hydroxylation is 1. The van der Waals surface area contributed by atoms with Crippen LogP contribution < -0.4 is 5.32 Å². The van der Waals surface area contributed by atoms with Crippen LogP contribution in [0.4, 0.5) is 4.39 Å². The van der Waals surface area contributed by atoms with Gasteiger partial charge in [-0.05, 0) is 74.6 Å². The molecule has 0 bridgehead atoms. The molecule has 0 heterocycles. The molecule has 3 rings (SSSR count). The molecule has 30 heavy (non-hydrogen) atoms. The standard InChI is InChI=1S/C21H24FNO5S2/c1-15-4-3-5-19(14-15)30(27,28)21(22)12-10-17(11-13-21)23-20(24)16-6-8-18(9-7-16)29(2,25)26/h3-9,14,17H,10-13H2,1-2H3,(H,23,24)/t17-,21+. The summed E-state index contributed by atoms with van der Waals surface area (Å²) in [5.41, 5.74) is 1.02. The molecule has 1 N–H and O–H groups in total. The minimum absolute atomic E-state index is 0.0292. The van der Waals surface area contributed by atoms with Crippen LogP contribution in [-0.4, -0.2) is 40.0 Å². The zero-order valence-corrected chi connectivity index (χ0v) is 18.4. The summed E-state index contributed by atoms with van der Waals surface area (Å²) in [5, 5.41) is 0.420. The Morgan fingerprint density at radius 2 is 1.60 bits per heavy atom. The van der Waals surface area contributed by atoms with Gasteiger partial charge in [-0.25, -0.2) is 21.2 Å². The smallest absolute Gasteiger partial charge is 0.251 e. The maximum atomic E-state index is 15.4. The first-order valence-corrected chi connectivity index (χ1v) is 12.9. The Kier molecular flexibility index (Phi) is 6.06. The average molecular weight is 454 g/mol. The quantitative estimate of drug-likeness (QED) is 0.750. The lowest BCUT2D eigenvalue weighted by Crippen LogP contribution is -2.45. The summed E-state index contributed by atoms with van der Waals surface area (Å²) in [6.07, 6.45) is 1.05. The number of amides is 1. The molecular weight excluding hydrogens is 429 g/mol. The average Bonchev–Trinajstić information content (AvgIpc) is 2.69. The van der Waals surface area contributed by atoms with Crippen molar-refractivity contribution in [2.75, 3.05) is 6.26 Å². The number of rotatable bonds is 5. The van der Waals surface area contributed by atoms with Gasteiger partial charge in [-0.1, -0.05) is 12.1 Å². The first-order chi connectivity index (χ1) is 13.9. The predicted octanol–water partition coefficient (Wildman–Crippen LogP) is 3.21. The van der Waals surface area contributed by atoms with Gasteiger partial charge in [0, 0.05) is 17.9 Å². The van der Waals surface area contributed by atoms with Crippen LogP contribution in [0.3, 0.4) is 0 Å². The molecule has 9 heteroatoms. The molecule has 0 saturated heterocycles. The van der Waals surface area contributed by atoms with Crippen LogP contribution >= 0.6 is 0 Å². The van der Waals surface area contributed by atoms with E-state index in [0.717, 1.165) is 11.8 Å². The van der Waals surface area contributed by atoms with Crippen LogP contribution in [-0.2, 0) is 19.7 Å². The van der Waals surface area contributed by atoms with E-state index < -0.39 is 30.6 Å². The van der Waals surface area contributed by atoms with Gasteiger partial charge in [-0.3, -0.25) is 4.79 Å². The lowest BCUT2D eigenvalue weighted by molar-refractivity contribution is 0.0905. The molecule has 0 aliphatic heterocycles. The second-order valence-corrected chi connectivity index (χ2v) is 12.0. The van der Waals surface area contributed by atoms with Crippen molar-refractivity contribution in [3.8, 4) is 0 Å². The summed E-state index contributed by atoms with van der Waals surface area (Å²) >= 11 is 0. The Morgan fingerprint density at radius 1 is 1.00 bits per heavy atom. The number of carbonyl (C=O) groups excluding carboxylic acids is 1. The lowest BCUT2D eigenvalue weighted by Gasteiger charge is -2.33. The number of halogens is 1. The number of alkyl halides is 1. The van der Waals surface area contributed by atoms with Gasteiger partial charge in [0.15, 0.2) is 9.84 Å². The van der Waals surface area contributed by atoms with Gasteiger partial charge < -0.3 is 5.32 Å². The molecule has 0 unspecified atom stereocenters. The van der Waals surface area contributed by atoms with Gasteiger partial charge in [-0.15, -0.1) is 0 Å². The monoisotopic (exact) mass is 453 g/mol. The number of sulfone groups is 2. The fourth-order valence-corrected chi connectivity index (χ4v) is 6.00. The lowest BCUT2D eigenvalue weighted by atomic mass is 9.93. The second kappa shape index (κ2) is 8.11. The third-order valence-corrected chi connectivity index (χ3v) is 8.77. The maximum absolute atomic E-state index is 15.4.